The van der Waals surface area contributed by atoms with Gasteiger partial charge in [0.05, 0.1) is 21.4 Å². The first-order valence-electron chi connectivity index (χ1n) is 3.66. The maximum Gasteiger partial charge on any atom is 0.316 e. The summed E-state index contributed by atoms with van der Waals surface area (Å²) in [5, 5.41) is 2.54. The number of primary amides is 1. The lowest BCUT2D eigenvalue weighted by Crippen LogP contribution is -2.19. The first-order valence-corrected chi connectivity index (χ1v) is 4.54. The van der Waals surface area contributed by atoms with Crippen molar-refractivity contribution in [1.82, 2.24) is 4.98 Å². The van der Waals surface area contributed by atoms with E-state index in [4.69, 9.17) is 5.73 Å². The van der Waals surface area contributed by atoms with E-state index in [9.17, 15) is 4.79 Å². The number of benzene rings is 1. The number of carbonyl (C=O) groups is 1. The number of hydrogen-bond donors (Lipinski definition) is 2. The zero-order valence-corrected chi connectivity index (χ0v) is 7.47. The lowest BCUT2D eigenvalue weighted by Gasteiger charge is -2.00. The van der Waals surface area contributed by atoms with Crippen molar-refractivity contribution in [3.05, 3.63) is 23.7 Å². The highest BCUT2D eigenvalue weighted by molar-refractivity contribution is 7.17. The molecule has 0 atom stereocenters. The minimum Gasteiger partial charge on any atom is -0.351 e. The fourth-order valence-electron chi connectivity index (χ4n) is 1.12. The first kappa shape index (κ1) is 8.00. The second-order valence-corrected chi connectivity index (χ2v) is 3.35. The SMILES string of the molecule is NC(=O)Nc1cccc2ncsc12. The summed E-state index contributed by atoms with van der Waals surface area (Å²) in [7, 11) is 0. The van der Waals surface area contributed by atoms with E-state index in [1.165, 1.54) is 11.3 Å². The van der Waals surface area contributed by atoms with Crippen LogP contribution in [0.3, 0.4) is 0 Å². The van der Waals surface area contributed by atoms with Crippen molar-refractivity contribution < 1.29 is 4.79 Å². The zero-order valence-electron chi connectivity index (χ0n) is 6.65. The average Bonchev–Trinajstić information content (AvgIpc) is 2.51. The van der Waals surface area contributed by atoms with Crippen LogP contribution in [0.4, 0.5) is 10.5 Å². The maximum atomic E-state index is 10.6. The van der Waals surface area contributed by atoms with E-state index in [1.54, 1.807) is 11.6 Å². The van der Waals surface area contributed by atoms with E-state index in [0.717, 1.165) is 10.2 Å². The number of nitrogens with two attached hydrogens (primary N) is 1. The summed E-state index contributed by atoms with van der Waals surface area (Å²) in [4.78, 5) is 14.7. The summed E-state index contributed by atoms with van der Waals surface area (Å²) in [5.74, 6) is 0. The lowest BCUT2D eigenvalue weighted by atomic mass is 10.3. The molecule has 3 N–H and O–H groups in total. The number of carbonyl (C=O) groups excluding carboxylic acids is 1. The molecule has 0 unspecified atom stereocenters. The fraction of sp³-hybridized carbons (Fsp3) is 0. The van der Waals surface area contributed by atoms with Gasteiger partial charge in [-0.15, -0.1) is 11.3 Å². The average molecular weight is 193 g/mol. The van der Waals surface area contributed by atoms with Crippen molar-refractivity contribution >= 4 is 33.3 Å². The molecule has 0 spiro atoms. The van der Waals surface area contributed by atoms with Gasteiger partial charge in [0.15, 0.2) is 0 Å². The van der Waals surface area contributed by atoms with Crippen LogP contribution >= 0.6 is 11.3 Å². The molecule has 0 bridgehead atoms. The van der Waals surface area contributed by atoms with Gasteiger partial charge in [0.25, 0.3) is 0 Å². The highest BCUT2D eigenvalue weighted by atomic mass is 32.1. The van der Waals surface area contributed by atoms with Crippen LogP contribution in [0.15, 0.2) is 23.7 Å². The molecule has 1 aromatic carbocycles. The van der Waals surface area contributed by atoms with Crippen molar-refractivity contribution in [1.29, 1.82) is 0 Å². The van der Waals surface area contributed by atoms with E-state index in [-0.39, 0.29) is 0 Å². The summed E-state index contributed by atoms with van der Waals surface area (Å²) in [6.45, 7) is 0. The molecule has 2 rings (SSSR count). The monoisotopic (exact) mass is 193 g/mol. The Balaban J connectivity index is 2.54. The molecule has 1 aromatic heterocycles. The number of thiazole rings is 1. The van der Waals surface area contributed by atoms with Gasteiger partial charge >= 0.3 is 6.03 Å². The van der Waals surface area contributed by atoms with Gasteiger partial charge in [-0.2, -0.15) is 0 Å². The van der Waals surface area contributed by atoms with Crippen molar-refractivity contribution in [2.75, 3.05) is 5.32 Å². The number of urea groups is 1. The topological polar surface area (TPSA) is 68.0 Å². The Labute approximate surface area is 78.4 Å². The van der Waals surface area contributed by atoms with Crippen LogP contribution in [-0.2, 0) is 0 Å². The van der Waals surface area contributed by atoms with Gasteiger partial charge in [-0.05, 0) is 12.1 Å². The van der Waals surface area contributed by atoms with Crippen LogP contribution in [0.5, 0.6) is 0 Å². The highest BCUT2D eigenvalue weighted by Gasteiger charge is 2.03. The van der Waals surface area contributed by atoms with Crippen LogP contribution < -0.4 is 11.1 Å². The largest absolute Gasteiger partial charge is 0.351 e. The molecule has 4 nitrogen and oxygen atoms in total. The van der Waals surface area contributed by atoms with Crippen LogP contribution in [0.25, 0.3) is 10.2 Å². The van der Waals surface area contributed by atoms with Crippen molar-refractivity contribution in [2.24, 2.45) is 5.73 Å². The van der Waals surface area contributed by atoms with E-state index in [2.05, 4.69) is 10.3 Å². The molecule has 0 radical (unpaired) electrons. The quantitative estimate of drug-likeness (QED) is 0.724. The molecule has 2 aromatic rings. The third-order valence-electron chi connectivity index (χ3n) is 1.61. The molecule has 0 fully saturated rings. The minimum atomic E-state index is -0.555. The smallest absolute Gasteiger partial charge is 0.316 e. The van der Waals surface area contributed by atoms with E-state index in [1.807, 2.05) is 12.1 Å². The molecular formula is C8H7N3OS. The molecule has 1 heterocycles. The molecule has 5 heteroatoms. The van der Waals surface area contributed by atoms with Gasteiger partial charge in [0.1, 0.15) is 0 Å². The maximum absolute atomic E-state index is 10.6. The fourth-order valence-corrected chi connectivity index (χ4v) is 1.88. The molecule has 0 aliphatic carbocycles. The van der Waals surface area contributed by atoms with Crippen LogP contribution in [-0.4, -0.2) is 11.0 Å². The number of rotatable bonds is 1. The number of amides is 2. The normalized spacial score (nSPS) is 10.2. The van der Waals surface area contributed by atoms with Gasteiger partial charge < -0.3 is 11.1 Å². The Morgan fingerprint density at radius 3 is 3.15 bits per heavy atom. The molecule has 13 heavy (non-hydrogen) atoms. The van der Waals surface area contributed by atoms with E-state index in [0.29, 0.717) is 5.69 Å². The van der Waals surface area contributed by atoms with Gasteiger partial charge in [-0.1, -0.05) is 6.07 Å². The summed E-state index contributed by atoms with van der Waals surface area (Å²) in [5.41, 5.74) is 8.34. The lowest BCUT2D eigenvalue weighted by molar-refractivity contribution is 0.259. The Bertz CT molecular complexity index is 451. The van der Waals surface area contributed by atoms with Crippen LogP contribution in [0.1, 0.15) is 0 Å². The van der Waals surface area contributed by atoms with E-state index < -0.39 is 6.03 Å². The third kappa shape index (κ3) is 1.46. The molecule has 66 valence electrons. The molecule has 0 saturated heterocycles. The highest BCUT2D eigenvalue weighted by Crippen LogP contribution is 2.25. The minimum absolute atomic E-state index is 0.555. The van der Waals surface area contributed by atoms with Crippen LogP contribution in [0.2, 0.25) is 0 Å². The van der Waals surface area contributed by atoms with Crippen molar-refractivity contribution in [3.63, 3.8) is 0 Å². The van der Waals surface area contributed by atoms with Crippen LogP contribution in [0, 0.1) is 0 Å². The molecule has 2 amide bonds. The van der Waals surface area contributed by atoms with E-state index >= 15 is 0 Å². The molecule has 0 aliphatic rings. The number of aromatic nitrogens is 1. The second-order valence-electron chi connectivity index (χ2n) is 2.50. The zero-order chi connectivity index (χ0) is 9.26. The Morgan fingerprint density at radius 2 is 2.38 bits per heavy atom. The number of nitrogens with zero attached hydrogens (tertiary/aromatic N) is 1. The summed E-state index contributed by atoms with van der Waals surface area (Å²) >= 11 is 1.47. The second kappa shape index (κ2) is 3.02. The predicted molar refractivity (Wildman–Crippen MR) is 52.8 cm³/mol. The first-order chi connectivity index (χ1) is 6.27. The van der Waals surface area contributed by atoms with Crippen molar-refractivity contribution in [2.45, 2.75) is 0 Å². The Morgan fingerprint density at radius 1 is 1.54 bits per heavy atom. The number of hydrogen-bond acceptors (Lipinski definition) is 3. The Hall–Kier alpha value is -1.62. The summed E-state index contributed by atoms with van der Waals surface area (Å²) < 4.78 is 0.946. The van der Waals surface area contributed by atoms with Gasteiger partial charge in [-0.25, -0.2) is 9.78 Å². The molecule has 0 aliphatic heterocycles. The van der Waals surface area contributed by atoms with Gasteiger partial charge in [0.2, 0.25) is 0 Å². The number of anilines is 1. The molecule has 0 saturated carbocycles. The number of nitrogens with one attached hydrogen (secondary N) is 1. The number of fused-ring (bicyclic) bond motifs is 1. The third-order valence-corrected chi connectivity index (χ3v) is 2.49. The summed E-state index contributed by atoms with van der Waals surface area (Å²) in [6, 6.07) is 4.96. The van der Waals surface area contributed by atoms with Gasteiger partial charge in [-0.3, -0.25) is 0 Å². The van der Waals surface area contributed by atoms with Gasteiger partial charge in [0, 0.05) is 0 Å². The molecular weight excluding hydrogens is 186 g/mol. The Kier molecular flexibility index (Phi) is 1.86. The predicted octanol–water partition coefficient (Wildman–Crippen LogP) is 1.79. The van der Waals surface area contributed by atoms with Crippen molar-refractivity contribution in [3.8, 4) is 0 Å². The summed E-state index contributed by atoms with van der Waals surface area (Å²) in [6.07, 6.45) is 0. The standard InChI is InChI=1S/C8H7N3OS/c9-8(12)11-6-3-1-2-5-7(6)13-4-10-5/h1-4H,(H3,9,11,12).